The second kappa shape index (κ2) is 4.97. The molecule has 4 rings (SSSR count). The van der Waals surface area contributed by atoms with Crippen molar-refractivity contribution in [1.82, 2.24) is 0 Å². The molecule has 2 N–H and O–H groups in total. The molecule has 23 heavy (non-hydrogen) atoms. The minimum absolute atomic E-state index is 0.0224. The van der Waals surface area contributed by atoms with Crippen molar-refractivity contribution in [3.63, 3.8) is 0 Å². The van der Waals surface area contributed by atoms with Crippen molar-refractivity contribution in [2.75, 3.05) is 5.73 Å². The van der Waals surface area contributed by atoms with E-state index in [0.717, 1.165) is 10.2 Å². The fourth-order valence-corrected chi connectivity index (χ4v) is 3.84. The summed E-state index contributed by atoms with van der Waals surface area (Å²) < 4.78 is 1.10. The zero-order valence-corrected chi connectivity index (χ0v) is 14.8. The highest BCUT2D eigenvalue weighted by Crippen LogP contribution is 2.50. The molecule has 114 valence electrons. The molecule has 0 spiro atoms. The summed E-state index contributed by atoms with van der Waals surface area (Å²) in [6.45, 7) is 4.56. The lowest BCUT2D eigenvalue weighted by Gasteiger charge is -2.22. The van der Waals surface area contributed by atoms with Crippen LogP contribution in [0.25, 0.3) is 22.3 Å². The molecule has 0 aromatic heterocycles. The molecule has 3 aromatic carbocycles. The molecule has 1 aliphatic rings. The van der Waals surface area contributed by atoms with Gasteiger partial charge in [0.25, 0.3) is 0 Å². The van der Waals surface area contributed by atoms with Crippen LogP contribution in [0.3, 0.4) is 0 Å². The van der Waals surface area contributed by atoms with Gasteiger partial charge in [-0.3, -0.25) is 0 Å². The number of benzene rings is 3. The molecule has 3 aromatic rings. The maximum atomic E-state index is 6.02. The van der Waals surface area contributed by atoms with Crippen LogP contribution in [0.15, 0.2) is 65.1 Å². The molecule has 0 bridgehead atoms. The number of hydrogen-bond acceptors (Lipinski definition) is 1. The minimum atomic E-state index is -0.0224. The van der Waals surface area contributed by atoms with E-state index in [9.17, 15) is 0 Å². The molecule has 0 radical (unpaired) electrons. The van der Waals surface area contributed by atoms with E-state index >= 15 is 0 Å². The van der Waals surface area contributed by atoms with Gasteiger partial charge in [-0.05, 0) is 63.7 Å². The third-order valence-electron chi connectivity index (χ3n) is 4.88. The monoisotopic (exact) mass is 363 g/mol. The Labute approximate surface area is 145 Å². The molecule has 0 atom stereocenters. The fourth-order valence-electron chi connectivity index (χ4n) is 3.58. The van der Waals surface area contributed by atoms with Gasteiger partial charge < -0.3 is 5.73 Å². The number of nitrogen functional groups attached to an aromatic ring is 1. The zero-order valence-electron chi connectivity index (χ0n) is 13.2. The van der Waals surface area contributed by atoms with E-state index in [1.165, 1.54) is 33.4 Å². The number of rotatable bonds is 1. The average molecular weight is 364 g/mol. The van der Waals surface area contributed by atoms with Crippen molar-refractivity contribution in [2.24, 2.45) is 0 Å². The summed E-state index contributed by atoms with van der Waals surface area (Å²) in [6.07, 6.45) is 0. The maximum Gasteiger partial charge on any atom is 0.0317 e. The van der Waals surface area contributed by atoms with Crippen molar-refractivity contribution in [1.29, 1.82) is 0 Å². The van der Waals surface area contributed by atoms with Gasteiger partial charge in [-0.2, -0.15) is 0 Å². The SMILES string of the molecule is CC1(C)c2cc(N)ccc2-c2ccc(-c3ccc(Br)cc3)cc21. The number of nitrogens with two attached hydrogens (primary N) is 1. The Morgan fingerprint density at radius 2 is 1.30 bits per heavy atom. The third kappa shape index (κ3) is 2.21. The molecule has 0 saturated carbocycles. The largest absolute Gasteiger partial charge is 0.399 e. The molecular weight excluding hydrogens is 346 g/mol. The Kier molecular flexibility index (Phi) is 3.14. The van der Waals surface area contributed by atoms with Crippen LogP contribution in [0.1, 0.15) is 25.0 Å². The fraction of sp³-hybridized carbons (Fsp3) is 0.143. The van der Waals surface area contributed by atoms with E-state index in [0.29, 0.717) is 0 Å². The molecule has 1 nitrogen and oxygen atoms in total. The lowest BCUT2D eigenvalue weighted by atomic mass is 9.81. The van der Waals surface area contributed by atoms with Gasteiger partial charge in [0.15, 0.2) is 0 Å². The van der Waals surface area contributed by atoms with E-state index in [-0.39, 0.29) is 5.41 Å². The Hall–Kier alpha value is -2.06. The normalized spacial score (nSPS) is 14.4. The van der Waals surface area contributed by atoms with Gasteiger partial charge in [0, 0.05) is 15.6 Å². The third-order valence-corrected chi connectivity index (χ3v) is 5.41. The van der Waals surface area contributed by atoms with Crippen LogP contribution in [0.2, 0.25) is 0 Å². The van der Waals surface area contributed by atoms with Crippen LogP contribution in [0.4, 0.5) is 5.69 Å². The van der Waals surface area contributed by atoms with E-state index in [4.69, 9.17) is 5.73 Å². The summed E-state index contributed by atoms with van der Waals surface area (Å²) in [4.78, 5) is 0. The van der Waals surface area contributed by atoms with Crippen LogP contribution >= 0.6 is 15.9 Å². The predicted molar refractivity (Wildman–Crippen MR) is 102 cm³/mol. The van der Waals surface area contributed by atoms with Crippen LogP contribution in [-0.2, 0) is 5.41 Å². The molecule has 0 heterocycles. The van der Waals surface area contributed by atoms with Gasteiger partial charge in [0.2, 0.25) is 0 Å². The number of anilines is 1. The highest BCUT2D eigenvalue weighted by molar-refractivity contribution is 9.10. The van der Waals surface area contributed by atoms with Gasteiger partial charge in [0.1, 0.15) is 0 Å². The van der Waals surface area contributed by atoms with Crippen molar-refractivity contribution in [2.45, 2.75) is 19.3 Å². The molecule has 1 aliphatic carbocycles. The highest BCUT2D eigenvalue weighted by atomic mass is 79.9. The first-order valence-corrected chi connectivity index (χ1v) is 8.57. The molecule has 0 unspecified atom stereocenters. The summed E-state index contributed by atoms with van der Waals surface area (Å²) in [5.41, 5.74) is 14.6. The van der Waals surface area contributed by atoms with Gasteiger partial charge in [0.05, 0.1) is 0 Å². The smallest absolute Gasteiger partial charge is 0.0317 e. The van der Waals surface area contributed by atoms with Crippen LogP contribution in [0.5, 0.6) is 0 Å². The summed E-state index contributed by atoms with van der Waals surface area (Å²) >= 11 is 3.50. The first-order chi connectivity index (χ1) is 11.0. The molecule has 0 aliphatic heterocycles. The molecular formula is C21H18BrN. The quantitative estimate of drug-likeness (QED) is 0.526. The minimum Gasteiger partial charge on any atom is -0.399 e. The van der Waals surface area contributed by atoms with E-state index in [1.54, 1.807) is 0 Å². The van der Waals surface area contributed by atoms with Gasteiger partial charge in [-0.1, -0.05) is 60.1 Å². The predicted octanol–water partition coefficient (Wildman–Crippen LogP) is 6.00. The Morgan fingerprint density at radius 1 is 0.739 bits per heavy atom. The second-order valence-corrected chi connectivity index (χ2v) is 7.61. The summed E-state index contributed by atoms with van der Waals surface area (Å²) in [7, 11) is 0. The first kappa shape index (κ1) is 14.5. The molecule has 0 amide bonds. The topological polar surface area (TPSA) is 26.0 Å². The number of fused-ring (bicyclic) bond motifs is 3. The van der Waals surface area contributed by atoms with E-state index < -0.39 is 0 Å². The maximum absolute atomic E-state index is 6.02. The summed E-state index contributed by atoms with van der Waals surface area (Å²) in [5, 5.41) is 0. The zero-order chi connectivity index (χ0) is 16.2. The van der Waals surface area contributed by atoms with E-state index in [1.807, 2.05) is 6.07 Å². The second-order valence-electron chi connectivity index (χ2n) is 6.70. The lowest BCUT2D eigenvalue weighted by Crippen LogP contribution is -2.15. The molecule has 2 heteroatoms. The lowest BCUT2D eigenvalue weighted by molar-refractivity contribution is 0.661. The molecule has 0 saturated heterocycles. The van der Waals surface area contributed by atoms with Crippen molar-refractivity contribution in [3.8, 4) is 22.3 Å². The van der Waals surface area contributed by atoms with Crippen LogP contribution in [-0.4, -0.2) is 0 Å². The number of halogens is 1. The number of hydrogen-bond donors (Lipinski definition) is 1. The van der Waals surface area contributed by atoms with Gasteiger partial charge >= 0.3 is 0 Å². The highest BCUT2D eigenvalue weighted by Gasteiger charge is 2.35. The van der Waals surface area contributed by atoms with Gasteiger partial charge in [-0.15, -0.1) is 0 Å². The molecule has 0 fully saturated rings. The Morgan fingerprint density at radius 3 is 2.00 bits per heavy atom. The summed E-state index contributed by atoms with van der Waals surface area (Å²) in [5.74, 6) is 0. The van der Waals surface area contributed by atoms with Gasteiger partial charge in [-0.25, -0.2) is 0 Å². The van der Waals surface area contributed by atoms with Crippen molar-refractivity contribution >= 4 is 21.6 Å². The average Bonchev–Trinajstić information content (AvgIpc) is 2.76. The summed E-state index contributed by atoms with van der Waals surface area (Å²) in [6, 6.07) is 21.5. The van der Waals surface area contributed by atoms with Crippen molar-refractivity contribution < 1.29 is 0 Å². The van der Waals surface area contributed by atoms with Crippen molar-refractivity contribution in [3.05, 3.63) is 76.3 Å². The Balaban J connectivity index is 1.90. The van der Waals surface area contributed by atoms with E-state index in [2.05, 4.69) is 84.4 Å². The Bertz CT molecular complexity index is 908. The van der Waals surface area contributed by atoms with Crippen LogP contribution in [0, 0.1) is 0 Å². The van der Waals surface area contributed by atoms with Crippen LogP contribution < -0.4 is 5.73 Å². The standard InChI is InChI=1S/C21H18BrN/c1-21(2)19-11-14(13-3-6-15(22)7-4-13)5-9-17(19)18-10-8-16(23)12-20(18)21/h3-12H,23H2,1-2H3. The first-order valence-electron chi connectivity index (χ1n) is 7.78.